The molecule has 0 aliphatic rings. The molecule has 1 amide bonds. The van der Waals surface area contributed by atoms with Crippen molar-refractivity contribution in [2.45, 2.75) is 6.92 Å². The van der Waals surface area contributed by atoms with Gasteiger partial charge in [0.1, 0.15) is 17.3 Å². The third kappa shape index (κ3) is 2.97. The molecule has 0 aliphatic carbocycles. The number of aryl methyl sites for hydroxylation is 1. The van der Waals surface area contributed by atoms with Crippen LogP contribution in [-0.2, 0) is 0 Å². The van der Waals surface area contributed by atoms with E-state index in [0.717, 1.165) is 0 Å². The first-order valence-corrected chi connectivity index (χ1v) is 5.69. The largest absolute Gasteiger partial charge is 0.382 e. The van der Waals surface area contributed by atoms with E-state index in [-0.39, 0.29) is 16.5 Å². The van der Waals surface area contributed by atoms with Gasteiger partial charge in [0.2, 0.25) is 0 Å². The Morgan fingerprint density at radius 1 is 1.37 bits per heavy atom. The van der Waals surface area contributed by atoms with Crippen molar-refractivity contribution in [2.24, 2.45) is 0 Å². The summed E-state index contributed by atoms with van der Waals surface area (Å²) in [6.45, 7) is 1.56. The summed E-state index contributed by atoms with van der Waals surface area (Å²) in [5.41, 5.74) is 6.20. The molecule has 0 bridgehead atoms. The lowest BCUT2D eigenvalue weighted by Crippen LogP contribution is -2.14. The van der Waals surface area contributed by atoms with Crippen LogP contribution in [0.1, 0.15) is 16.1 Å². The number of amides is 1. The van der Waals surface area contributed by atoms with Crippen LogP contribution >= 0.6 is 11.6 Å². The molecule has 7 heteroatoms. The highest BCUT2D eigenvalue weighted by Gasteiger charge is 2.11. The quantitative estimate of drug-likeness (QED) is 0.885. The Labute approximate surface area is 113 Å². The Morgan fingerprint density at radius 3 is 2.68 bits per heavy atom. The summed E-state index contributed by atoms with van der Waals surface area (Å²) in [7, 11) is 0. The van der Waals surface area contributed by atoms with E-state index in [9.17, 15) is 9.18 Å². The highest BCUT2D eigenvalue weighted by atomic mass is 35.5. The van der Waals surface area contributed by atoms with Gasteiger partial charge in [-0.25, -0.2) is 14.4 Å². The maximum Gasteiger partial charge on any atom is 0.275 e. The van der Waals surface area contributed by atoms with Gasteiger partial charge >= 0.3 is 0 Å². The number of halogens is 2. The number of aromatic nitrogens is 2. The summed E-state index contributed by atoms with van der Waals surface area (Å²) in [6, 6.07) is 2.80. The average molecular weight is 281 g/mol. The molecule has 0 fully saturated rings. The highest BCUT2D eigenvalue weighted by Crippen LogP contribution is 2.23. The number of hydrogen-bond acceptors (Lipinski definition) is 4. The zero-order chi connectivity index (χ0) is 14.0. The second kappa shape index (κ2) is 5.19. The minimum absolute atomic E-state index is 0.0568. The Balaban J connectivity index is 2.22. The fraction of sp³-hybridized carbons (Fsp3) is 0.0833. The summed E-state index contributed by atoms with van der Waals surface area (Å²) in [4.78, 5) is 19.4. The maximum absolute atomic E-state index is 13.3. The number of carbonyl (C=O) groups is 1. The van der Waals surface area contributed by atoms with Gasteiger partial charge in [0.25, 0.3) is 5.91 Å². The van der Waals surface area contributed by atoms with Crippen molar-refractivity contribution >= 4 is 29.0 Å². The third-order valence-electron chi connectivity index (χ3n) is 2.37. The van der Waals surface area contributed by atoms with Crippen LogP contribution in [0.2, 0.25) is 5.02 Å². The van der Waals surface area contributed by atoms with Crippen LogP contribution in [0.25, 0.3) is 0 Å². The lowest BCUT2D eigenvalue weighted by molar-refractivity contribution is 0.102. The first kappa shape index (κ1) is 13.2. The summed E-state index contributed by atoms with van der Waals surface area (Å²) >= 11 is 5.70. The van der Waals surface area contributed by atoms with Gasteiger partial charge in [-0.1, -0.05) is 11.6 Å². The van der Waals surface area contributed by atoms with Crippen LogP contribution < -0.4 is 11.1 Å². The number of rotatable bonds is 2. The van der Waals surface area contributed by atoms with Crippen molar-refractivity contribution in [3.8, 4) is 0 Å². The van der Waals surface area contributed by atoms with E-state index >= 15 is 0 Å². The minimum Gasteiger partial charge on any atom is -0.382 e. The normalized spacial score (nSPS) is 10.3. The molecular formula is C12H10ClFN4O. The summed E-state index contributed by atoms with van der Waals surface area (Å²) in [6.07, 6.45) is 2.53. The van der Waals surface area contributed by atoms with Gasteiger partial charge in [0, 0.05) is 5.69 Å². The van der Waals surface area contributed by atoms with Crippen molar-refractivity contribution in [1.29, 1.82) is 0 Å². The fourth-order valence-electron chi connectivity index (χ4n) is 1.45. The van der Waals surface area contributed by atoms with Crippen molar-refractivity contribution in [3.05, 3.63) is 46.6 Å². The Morgan fingerprint density at radius 2 is 2.11 bits per heavy atom. The predicted molar refractivity (Wildman–Crippen MR) is 70.5 cm³/mol. The predicted octanol–water partition coefficient (Wildman–Crippen LogP) is 2.41. The van der Waals surface area contributed by atoms with Crippen LogP contribution in [0.4, 0.5) is 15.9 Å². The number of hydrogen-bond donors (Lipinski definition) is 2. The van der Waals surface area contributed by atoms with Crippen LogP contribution in [0.3, 0.4) is 0 Å². The molecule has 3 N–H and O–H groups in total. The fourth-order valence-corrected chi connectivity index (χ4v) is 1.72. The topological polar surface area (TPSA) is 80.9 Å². The molecule has 1 heterocycles. The van der Waals surface area contributed by atoms with E-state index in [1.807, 2.05) is 0 Å². The van der Waals surface area contributed by atoms with Gasteiger partial charge in [-0.3, -0.25) is 4.79 Å². The first-order chi connectivity index (χ1) is 8.97. The molecular weight excluding hydrogens is 271 g/mol. The molecule has 5 nitrogen and oxygen atoms in total. The first-order valence-electron chi connectivity index (χ1n) is 5.32. The van der Waals surface area contributed by atoms with Gasteiger partial charge < -0.3 is 11.1 Å². The molecule has 98 valence electrons. The van der Waals surface area contributed by atoms with Crippen molar-refractivity contribution < 1.29 is 9.18 Å². The smallest absolute Gasteiger partial charge is 0.275 e. The molecule has 0 spiro atoms. The number of nitrogen functional groups attached to an aromatic ring is 1. The molecule has 0 atom stereocenters. The molecule has 1 aromatic carbocycles. The van der Waals surface area contributed by atoms with E-state index in [2.05, 4.69) is 15.3 Å². The summed E-state index contributed by atoms with van der Waals surface area (Å²) in [5.74, 6) is -0.765. The van der Waals surface area contributed by atoms with Crippen molar-refractivity contribution in [2.75, 3.05) is 11.1 Å². The van der Waals surface area contributed by atoms with Gasteiger partial charge in [-0.2, -0.15) is 0 Å². The van der Waals surface area contributed by atoms with Crippen molar-refractivity contribution in [3.63, 3.8) is 0 Å². The van der Waals surface area contributed by atoms with E-state index in [4.69, 9.17) is 17.3 Å². The lowest BCUT2D eigenvalue weighted by Gasteiger charge is -2.07. The van der Waals surface area contributed by atoms with Gasteiger partial charge in [0.15, 0.2) is 0 Å². The number of nitrogens with two attached hydrogens (primary N) is 1. The summed E-state index contributed by atoms with van der Waals surface area (Å²) < 4.78 is 13.3. The molecule has 0 aliphatic heterocycles. The standard InChI is InChI=1S/C12H10ClFN4O/c1-6-2-7(3-8(13)11(6)14)18-12(19)9-4-17-10(15)5-16-9/h2-5H,1H3,(H2,15,17)(H,18,19). The maximum atomic E-state index is 13.3. The Kier molecular flexibility index (Phi) is 3.62. The highest BCUT2D eigenvalue weighted by molar-refractivity contribution is 6.31. The molecule has 2 rings (SSSR count). The van der Waals surface area contributed by atoms with E-state index in [0.29, 0.717) is 11.3 Å². The number of benzene rings is 1. The molecule has 0 saturated heterocycles. The van der Waals surface area contributed by atoms with Crippen LogP contribution in [0, 0.1) is 12.7 Å². The minimum atomic E-state index is -0.507. The van der Waals surface area contributed by atoms with Gasteiger partial charge in [-0.05, 0) is 24.6 Å². The zero-order valence-corrected chi connectivity index (χ0v) is 10.7. The molecule has 2 aromatic rings. The molecule has 0 saturated carbocycles. The van der Waals surface area contributed by atoms with E-state index in [1.54, 1.807) is 6.92 Å². The summed E-state index contributed by atoms with van der Waals surface area (Å²) in [5, 5.41) is 2.50. The van der Waals surface area contributed by atoms with Gasteiger partial charge in [-0.15, -0.1) is 0 Å². The number of nitrogens with zero attached hydrogens (tertiary/aromatic N) is 2. The zero-order valence-electron chi connectivity index (χ0n) is 9.95. The van der Waals surface area contributed by atoms with E-state index < -0.39 is 11.7 Å². The lowest BCUT2D eigenvalue weighted by atomic mass is 10.2. The molecule has 0 radical (unpaired) electrons. The Hall–Kier alpha value is -2.21. The molecule has 0 unspecified atom stereocenters. The molecule has 1 aromatic heterocycles. The monoisotopic (exact) mass is 280 g/mol. The number of nitrogens with one attached hydrogen (secondary N) is 1. The second-order valence-electron chi connectivity index (χ2n) is 3.87. The average Bonchev–Trinajstić information content (AvgIpc) is 2.36. The van der Waals surface area contributed by atoms with Crippen LogP contribution in [0.5, 0.6) is 0 Å². The number of carbonyl (C=O) groups excluding carboxylic acids is 1. The SMILES string of the molecule is Cc1cc(NC(=O)c2cnc(N)cn2)cc(Cl)c1F. The van der Waals surface area contributed by atoms with Gasteiger partial charge in [0.05, 0.1) is 17.4 Å². The Bertz CT molecular complexity index is 607. The van der Waals surface area contributed by atoms with Crippen molar-refractivity contribution in [1.82, 2.24) is 9.97 Å². The number of anilines is 2. The van der Waals surface area contributed by atoms with E-state index in [1.165, 1.54) is 24.5 Å². The second-order valence-corrected chi connectivity index (χ2v) is 4.28. The molecule has 19 heavy (non-hydrogen) atoms. The van der Waals surface area contributed by atoms with Crippen LogP contribution in [0.15, 0.2) is 24.5 Å². The van der Waals surface area contributed by atoms with Crippen LogP contribution in [-0.4, -0.2) is 15.9 Å². The third-order valence-corrected chi connectivity index (χ3v) is 2.65.